The monoisotopic (exact) mass is 311 g/mol. The fraction of sp³-hybridized carbons (Fsp3) is 0.938. The molecule has 2 heterocycles. The number of ether oxygens (including phenoxy) is 1. The Balaban J connectivity index is 2.15. The number of aliphatic imine (C=N–C) groups is 1. The average molecular weight is 311 g/mol. The summed E-state index contributed by atoms with van der Waals surface area (Å²) in [5.74, 6) is 1.05. The summed E-state index contributed by atoms with van der Waals surface area (Å²) in [6, 6.07) is 0. The van der Waals surface area contributed by atoms with Crippen molar-refractivity contribution in [2.24, 2.45) is 4.99 Å². The minimum absolute atomic E-state index is 0.202. The van der Waals surface area contributed by atoms with E-state index in [0.717, 1.165) is 51.9 Å². The minimum Gasteiger partial charge on any atom is -0.379 e. The number of morpholine rings is 1. The first-order chi connectivity index (χ1) is 10.4. The molecule has 2 rings (SSSR count). The van der Waals surface area contributed by atoms with E-state index < -0.39 is 0 Å². The van der Waals surface area contributed by atoms with Crippen molar-refractivity contribution in [2.75, 3.05) is 81.2 Å². The van der Waals surface area contributed by atoms with Crippen LogP contribution in [-0.4, -0.2) is 112 Å². The Hall–Kier alpha value is -0.850. The fourth-order valence-electron chi connectivity index (χ4n) is 3.55. The lowest BCUT2D eigenvalue weighted by Gasteiger charge is -2.49. The van der Waals surface area contributed by atoms with Gasteiger partial charge in [0.15, 0.2) is 5.96 Å². The standard InChI is InChI=1S/C16H33N5O/c1-18(2)15(19(3)4)17-14-16(6-8-20(5)9-7-16)21-10-12-22-13-11-21/h6-14H2,1-5H3. The summed E-state index contributed by atoms with van der Waals surface area (Å²) in [4.78, 5) is 14.3. The zero-order valence-corrected chi connectivity index (χ0v) is 15.0. The zero-order chi connectivity index (χ0) is 16.2. The summed E-state index contributed by atoms with van der Waals surface area (Å²) in [5, 5.41) is 0. The molecular formula is C16H33N5O. The predicted octanol–water partition coefficient (Wildman–Crippen LogP) is 0.262. The Labute approximate surface area is 135 Å². The molecule has 0 atom stereocenters. The lowest BCUT2D eigenvalue weighted by Crippen LogP contribution is -2.60. The molecule has 128 valence electrons. The van der Waals surface area contributed by atoms with Crippen LogP contribution in [0.5, 0.6) is 0 Å². The molecule has 6 heteroatoms. The van der Waals surface area contributed by atoms with Crippen LogP contribution in [0.1, 0.15) is 12.8 Å². The molecule has 0 saturated carbocycles. The van der Waals surface area contributed by atoms with Gasteiger partial charge in [0.2, 0.25) is 0 Å². The number of hydrogen-bond acceptors (Lipinski definition) is 4. The summed E-state index contributed by atoms with van der Waals surface area (Å²) in [6.45, 7) is 6.99. The Morgan fingerprint density at radius 3 is 2.05 bits per heavy atom. The maximum Gasteiger partial charge on any atom is 0.195 e. The van der Waals surface area contributed by atoms with Crippen LogP contribution in [0.15, 0.2) is 4.99 Å². The molecule has 2 aliphatic heterocycles. The Kier molecular flexibility index (Phi) is 6.06. The van der Waals surface area contributed by atoms with Crippen molar-refractivity contribution in [1.29, 1.82) is 0 Å². The molecular weight excluding hydrogens is 278 g/mol. The third kappa shape index (κ3) is 4.12. The largest absolute Gasteiger partial charge is 0.379 e. The first kappa shape index (κ1) is 17.5. The van der Waals surface area contributed by atoms with Crippen molar-refractivity contribution in [1.82, 2.24) is 19.6 Å². The fourth-order valence-corrected chi connectivity index (χ4v) is 3.55. The van der Waals surface area contributed by atoms with Gasteiger partial charge < -0.3 is 19.4 Å². The smallest absolute Gasteiger partial charge is 0.195 e. The molecule has 0 spiro atoms. The third-order valence-corrected chi connectivity index (χ3v) is 4.91. The Morgan fingerprint density at radius 1 is 1.00 bits per heavy atom. The van der Waals surface area contributed by atoms with Crippen LogP contribution in [0.4, 0.5) is 0 Å². The summed E-state index contributed by atoms with van der Waals surface area (Å²) < 4.78 is 5.55. The molecule has 6 nitrogen and oxygen atoms in total. The van der Waals surface area contributed by atoms with Crippen LogP contribution in [0.3, 0.4) is 0 Å². The third-order valence-electron chi connectivity index (χ3n) is 4.91. The van der Waals surface area contributed by atoms with Gasteiger partial charge in [-0.1, -0.05) is 0 Å². The van der Waals surface area contributed by atoms with Gasteiger partial charge in [0.25, 0.3) is 0 Å². The highest BCUT2D eigenvalue weighted by Gasteiger charge is 2.39. The van der Waals surface area contributed by atoms with E-state index in [1.807, 2.05) is 0 Å². The highest BCUT2D eigenvalue weighted by Crippen LogP contribution is 2.30. The van der Waals surface area contributed by atoms with E-state index in [1.165, 1.54) is 12.8 Å². The second-order valence-corrected chi connectivity index (χ2v) is 7.03. The number of hydrogen-bond donors (Lipinski definition) is 0. The van der Waals surface area contributed by atoms with E-state index in [9.17, 15) is 0 Å². The molecule has 22 heavy (non-hydrogen) atoms. The molecule has 0 amide bonds. The second kappa shape index (κ2) is 7.62. The normalized spacial score (nSPS) is 23.1. The number of rotatable bonds is 3. The summed E-state index contributed by atoms with van der Waals surface area (Å²) in [5.41, 5.74) is 0.202. The molecule has 0 aromatic carbocycles. The maximum absolute atomic E-state index is 5.55. The lowest BCUT2D eigenvalue weighted by atomic mass is 9.85. The molecule has 2 aliphatic rings. The summed E-state index contributed by atoms with van der Waals surface area (Å²) in [6.07, 6.45) is 2.39. The van der Waals surface area contributed by atoms with E-state index >= 15 is 0 Å². The summed E-state index contributed by atoms with van der Waals surface area (Å²) >= 11 is 0. The van der Waals surface area contributed by atoms with Crippen LogP contribution < -0.4 is 0 Å². The van der Waals surface area contributed by atoms with Gasteiger partial charge in [-0.05, 0) is 33.0 Å². The van der Waals surface area contributed by atoms with Gasteiger partial charge in [-0.25, -0.2) is 0 Å². The molecule has 2 fully saturated rings. The zero-order valence-electron chi connectivity index (χ0n) is 15.0. The minimum atomic E-state index is 0.202. The highest BCUT2D eigenvalue weighted by atomic mass is 16.5. The quantitative estimate of drug-likeness (QED) is 0.552. The molecule has 0 bridgehead atoms. The molecule has 0 radical (unpaired) electrons. The maximum atomic E-state index is 5.55. The van der Waals surface area contributed by atoms with E-state index in [2.05, 4.69) is 54.8 Å². The van der Waals surface area contributed by atoms with Gasteiger partial charge in [-0.2, -0.15) is 0 Å². The van der Waals surface area contributed by atoms with Gasteiger partial charge >= 0.3 is 0 Å². The Bertz CT molecular complexity index is 359. The van der Waals surface area contributed by atoms with Crippen LogP contribution in [-0.2, 0) is 4.74 Å². The summed E-state index contributed by atoms with van der Waals surface area (Å²) in [7, 11) is 10.5. The predicted molar refractivity (Wildman–Crippen MR) is 91.5 cm³/mol. The van der Waals surface area contributed by atoms with E-state index in [0.29, 0.717) is 0 Å². The average Bonchev–Trinajstić information content (AvgIpc) is 2.50. The molecule has 0 N–H and O–H groups in total. The molecule has 0 aliphatic carbocycles. The van der Waals surface area contributed by atoms with E-state index in [-0.39, 0.29) is 5.54 Å². The van der Waals surface area contributed by atoms with Gasteiger partial charge in [-0.15, -0.1) is 0 Å². The van der Waals surface area contributed by atoms with Crippen molar-refractivity contribution >= 4 is 5.96 Å². The van der Waals surface area contributed by atoms with E-state index in [1.54, 1.807) is 0 Å². The van der Waals surface area contributed by atoms with Crippen LogP contribution in [0.2, 0.25) is 0 Å². The second-order valence-electron chi connectivity index (χ2n) is 7.03. The Morgan fingerprint density at radius 2 is 1.55 bits per heavy atom. The van der Waals surface area contributed by atoms with Gasteiger partial charge in [0, 0.05) is 46.8 Å². The first-order valence-electron chi connectivity index (χ1n) is 8.35. The topological polar surface area (TPSA) is 34.5 Å². The first-order valence-corrected chi connectivity index (χ1v) is 8.35. The molecule has 0 aromatic heterocycles. The van der Waals surface area contributed by atoms with Gasteiger partial charge in [0.1, 0.15) is 0 Å². The molecule has 0 unspecified atom stereocenters. The van der Waals surface area contributed by atoms with Gasteiger partial charge in [0.05, 0.1) is 19.8 Å². The number of nitrogens with zero attached hydrogens (tertiary/aromatic N) is 5. The highest BCUT2D eigenvalue weighted by molar-refractivity contribution is 5.79. The van der Waals surface area contributed by atoms with E-state index in [4.69, 9.17) is 9.73 Å². The van der Waals surface area contributed by atoms with Crippen molar-refractivity contribution in [3.05, 3.63) is 0 Å². The van der Waals surface area contributed by atoms with Crippen molar-refractivity contribution < 1.29 is 4.74 Å². The molecule has 2 saturated heterocycles. The van der Waals surface area contributed by atoms with Crippen molar-refractivity contribution in [3.8, 4) is 0 Å². The van der Waals surface area contributed by atoms with Crippen LogP contribution in [0, 0.1) is 0 Å². The van der Waals surface area contributed by atoms with Crippen LogP contribution >= 0.6 is 0 Å². The van der Waals surface area contributed by atoms with Crippen molar-refractivity contribution in [3.63, 3.8) is 0 Å². The van der Waals surface area contributed by atoms with Gasteiger partial charge in [-0.3, -0.25) is 9.89 Å². The SMILES string of the molecule is CN1CCC(CN=C(N(C)C)N(C)C)(N2CCOCC2)CC1. The van der Waals surface area contributed by atoms with Crippen LogP contribution in [0.25, 0.3) is 0 Å². The molecule has 0 aromatic rings. The number of guanidine groups is 1. The van der Waals surface area contributed by atoms with Crippen molar-refractivity contribution in [2.45, 2.75) is 18.4 Å². The lowest BCUT2D eigenvalue weighted by molar-refractivity contribution is -0.0412. The number of likely N-dealkylation sites (tertiary alicyclic amines) is 1. The number of piperidine rings is 1.